The summed E-state index contributed by atoms with van der Waals surface area (Å²) in [5.41, 5.74) is -3.20. The lowest BCUT2D eigenvalue weighted by molar-refractivity contribution is -0.141. The quantitative estimate of drug-likeness (QED) is 0.261. The van der Waals surface area contributed by atoms with Gasteiger partial charge in [0.1, 0.15) is 10.1 Å². The summed E-state index contributed by atoms with van der Waals surface area (Å²) in [6.45, 7) is -0.0342. The lowest BCUT2D eigenvalue weighted by Crippen LogP contribution is -2.29. The summed E-state index contributed by atoms with van der Waals surface area (Å²) < 4.78 is 91.4. The highest BCUT2D eigenvalue weighted by Gasteiger charge is 2.37. The third-order valence-corrected chi connectivity index (χ3v) is 6.13. The van der Waals surface area contributed by atoms with E-state index in [0.717, 1.165) is 11.8 Å². The highest BCUT2D eigenvalue weighted by Crippen LogP contribution is 2.39. The molecule has 1 fully saturated rings. The first-order valence-electron chi connectivity index (χ1n) is 9.85. The molecular weight excluding hydrogens is 521 g/mol. The second-order valence-corrected chi connectivity index (χ2v) is 8.97. The third-order valence-electron chi connectivity index (χ3n) is 4.75. The van der Waals surface area contributed by atoms with Crippen molar-refractivity contribution in [3.63, 3.8) is 0 Å². The number of amides is 2. The Balaban J connectivity index is 1.63. The molecule has 0 aromatic heterocycles. The largest absolute Gasteiger partial charge is 0.418 e. The van der Waals surface area contributed by atoms with E-state index in [1.54, 1.807) is 0 Å². The molecule has 0 spiro atoms. The average molecular weight is 536 g/mol. The Morgan fingerprint density at radius 1 is 1.03 bits per heavy atom. The summed E-state index contributed by atoms with van der Waals surface area (Å²) in [6, 6.07) is 6.14. The zero-order valence-electron chi connectivity index (χ0n) is 17.5. The van der Waals surface area contributed by atoms with Crippen molar-refractivity contribution in [1.82, 2.24) is 4.90 Å². The minimum atomic E-state index is -4.98. The lowest BCUT2D eigenvalue weighted by Gasteiger charge is -2.17. The Morgan fingerprint density at radius 3 is 2.29 bits per heavy atom. The van der Waals surface area contributed by atoms with Gasteiger partial charge in [-0.25, -0.2) is 4.39 Å². The predicted molar refractivity (Wildman–Crippen MR) is 121 cm³/mol. The normalized spacial score (nSPS) is 15.7. The second-order valence-electron chi connectivity index (χ2n) is 7.29. The molecule has 35 heavy (non-hydrogen) atoms. The van der Waals surface area contributed by atoms with Gasteiger partial charge in [0.15, 0.2) is 0 Å². The molecule has 0 saturated carbocycles. The topological polar surface area (TPSA) is 49.4 Å². The van der Waals surface area contributed by atoms with E-state index in [1.807, 2.05) is 5.32 Å². The number of carbonyl (C=O) groups excluding carboxylic acids is 2. The first-order valence-corrected chi connectivity index (χ1v) is 11.1. The lowest BCUT2D eigenvalue weighted by atomic mass is 10.1. The van der Waals surface area contributed by atoms with Gasteiger partial charge >= 0.3 is 12.4 Å². The van der Waals surface area contributed by atoms with Crippen LogP contribution in [0.15, 0.2) is 47.4 Å². The first-order chi connectivity index (χ1) is 16.3. The maximum atomic E-state index is 13.2. The van der Waals surface area contributed by atoms with Crippen molar-refractivity contribution >= 4 is 51.9 Å². The minimum absolute atomic E-state index is 0.0115. The Morgan fingerprint density at radius 2 is 1.69 bits per heavy atom. The molecule has 4 nitrogen and oxygen atoms in total. The maximum Gasteiger partial charge on any atom is 0.418 e. The van der Waals surface area contributed by atoms with Gasteiger partial charge in [-0.3, -0.25) is 14.5 Å². The highest BCUT2D eigenvalue weighted by molar-refractivity contribution is 8.26. The van der Waals surface area contributed by atoms with Crippen LogP contribution in [-0.2, 0) is 21.9 Å². The van der Waals surface area contributed by atoms with Crippen molar-refractivity contribution < 1.29 is 40.3 Å². The number of carbonyl (C=O) groups is 2. The van der Waals surface area contributed by atoms with E-state index in [0.29, 0.717) is 5.56 Å². The molecule has 2 amide bonds. The standard InChI is InChI=1S/C22H15F7N2O2S2/c23-14-6-3-12(4-7-14)10-17-19(33)31(20(34)35-17)9-1-2-18(32)30-16-11-13(21(24,25)26)5-8-15(16)22(27,28)29/h3-8,10-11H,1-2,9H2,(H,30,32). The molecule has 0 atom stereocenters. The summed E-state index contributed by atoms with van der Waals surface area (Å²) in [4.78, 5) is 26.2. The predicted octanol–water partition coefficient (Wildman–Crippen LogP) is 6.48. The SMILES string of the molecule is O=C(CCCN1C(=O)C(=Cc2ccc(F)cc2)SC1=S)Nc1cc(C(F)(F)F)ccc1C(F)(F)F. The maximum absolute atomic E-state index is 13.2. The number of nitrogens with zero attached hydrogens (tertiary/aromatic N) is 1. The van der Waals surface area contributed by atoms with Crippen LogP contribution in [0, 0.1) is 5.82 Å². The van der Waals surface area contributed by atoms with Crippen LogP contribution in [-0.4, -0.2) is 27.6 Å². The number of thioether (sulfide) groups is 1. The summed E-state index contributed by atoms with van der Waals surface area (Å²) in [5.74, 6) is -1.86. The number of thiocarbonyl (C=S) groups is 1. The van der Waals surface area contributed by atoms with Gasteiger partial charge < -0.3 is 5.32 Å². The summed E-state index contributed by atoms with van der Waals surface area (Å²) >= 11 is 6.15. The molecule has 0 unspecified atom stereocenters. The van der Waals surface area contributed by atoms with Crippen molar-refractivity contribution in [2.45, 2.75) is 25.2 Å². The number of benzene rings is 2. The molecule has 1 aliphatic heterocycles. The molecule has 0 aliphatic carbocycles. The highest BCUT2D eigenvalue weighted by atomic mass is 32.2. The van der Waals surface area contributed by atoms with Gasteiger partial charge in [-0.05, 0) is 48.4 Å². The van der Waals surface area contributed by atoms with Gasteiger partial charge in [0, 0.05) is 13.0 Å². The Hall–Kier alpha value is -2.93. The minimum Gasteiger partial charge on any atom is -0.325 e. The fourth-order valence-corrected chi connectivity index (χ4v) is 4.39. The van der Waals surface area contributed by atoms with E-state index in [4.69, 9.17) is 12.2 Å². The van der Waals surface area contributed by atoms with Crippen LogP contribution >= 0.6 is 24.0 Å². The van der Waals surface area contributed by atoms with Crippen LogP contribution in [0.3, 0.4) is 0 Å². The van der Waals surface area contributed by atoms with Gasteiger partial charge in [0.2, 0.25) is 5.91 Å². The van der Waals surface area contributed by atoms with Crippen LogP contribution in [0.5, 0.6) is 0 Å². The van der Waals surface area contributed by atoms with Crippen molar-refractivity contribution in [3.8, 4) is 0 Å². The van der Waals surface area contributed by atoms with Gasteiger partial charge in [-0.1, -0.05) is 36.1 Å². The fourth-order valence-electron chi connectivity index (χ4n) is 3.08. The fraction of sp³-hybridized carbons (Fsp3) is 0.227. The van der Waals surface area contributed by atoms with Crippen LogP contribution in [0.1, 0.15) is 29.5 Å². The van der Waals surface area contributed by atoms with Crippen molar-refractivity contribution in [3.05, 3.63) is 69.9 Å². The second kappa shape index (κ2) is 10.4. The first kappa shape index (κ1) is 26.7. The molecule has 1 heterocycles. The number of nitrogens with one attached hydrogen (secondary N) is 1. The van der Waals surface area contributed by atoms with E-state index in [9.17, 15) is 40.3 Å². The number of hydrogen-bond acceptors (Lipinski definition) is 4. The number of anilines is 1. The van der Waals surface area contributed by atoms with Crippen molar-refractivity contribution in [2.75, 3.05) is 11.9 Å². The number of hydrogen-bond donors (Lipinski definition) is 1. The van der Waals surface area contributed by atoms with Crippen LogP contribution < -0.4 is 5.32 Å². The molecule has 186 valence electrons. The molecule has 1 saturated heterocycles. The molecule has 1 aliphatic rings. The van der Waals surface area contributed by atoms with E-state index < -0.39 is 46.8 Å². The Kier molecular flexibility index (Phi) is 7.90. The zero-order chi connectivity index (χ0) is 26.0. The summed E-state index contributed by atoms with van der Waals surface area (Å²) in [7, 11) is 0. The van der Waals surface area contributed by atoms with Crippen LogP contribution in [0.2, 0.25) is 0 Å². The van der Waals surface area contributed by atoms with Gasteiger partial charge in [0.05, 0.1) is 21.7 Å². The molecule has 2 aromatic carbocycles. The van der Waals surface area contributed by atoms with Crippen molar-refractivity contribution in [1.29, 1.82) is 0 Å². The summed E-state index contributed by atoms with van der Waals surface area (Å²) in [6.07, 6.45) is -8.75. The molecule has 3 rings (SSSR count). The average Bonchev–Trinajstić information content (AvgIpc) is 3.01. The Labute approximate surface area is 204 Å². The van der Waals surface area contributed by atoms with E-state index in [-0.39, 0.29) is 46.8 Å². The molecular formula is C22H15F7N2O2S2. The van der Waals surface area contributed by atoms with Gasteiger partial charge in [0.25, 0.3) is 5.91 Å². The number of alkyl halides is 6. The number of rotatable bonds is 6. The van der Waals surface area contributed by atoms with E-state index >= 15 is 0 Å². The van der Waals surface area contributed by atoms with Gasteiger partial charge in [-0.2, -0.15) is 26.3 Å². The number of halogens is 7. The molecule has 1 N–H and O–H groups in total. The monoisotopic (exact) mass is 536 g/mol. The van der Waals surface area contributed by atoms with Gasteiger partial charge in [-0.15, -0.1) is 0 Å². The zero-order valence-corrected chi connectivity index (χ0v) is 19.1. The van der Waals surface area contributed by atoms with E-state index in [2.05, 4.69) is 0 Å². The van der Waals surface area contributed by atoms with Crippen LogP contribution in [0.4, 0.5) is 36.4 Å². The molecule has 13 heteroatoms. The van der Waals surface area contributed by atoms with E-state index in [1.165, 1.54) is 35.2 Å². The Bertz CT molecular complexity index is 1180. The molecule has 0 radical (unpaired) electrons. The molecule has 0 bridgehead atoms. The summed E-state index contributed by atoms with van der Waals surface area (Å²) in [5, 5.41) is 1.88. The molecule has 2 aromatic rings. The third kappa shape index (κ3) is 6.82. The smallest absolute Gasteiger partial charge is 0.325 e. The van der Waals surface area contributed by atoms with Crippen LogP contribution in [0.25, 0.3) is 6.08 Å². The van der Waals surface area contributed by atoms with Crippen molar-refractivity contribution in [2.24, 2.45) is 0 Å².